The molecule has 1 saturated heterocycles. The van der Waals surface area contributed by atoms with Gasteiger partial charge in [-0.1, -0.05) is 11.2 Å². The zero-order valence-electron chi connectivity index (χ0n) is 19.6. The van der Waals surface area contributed by atoms with E-state index in [1.54, 1.807) is 10.9 Å². The molecule has 4 aromatic rings. The fraction of sp³-hybridized carbons (Fsp3) is 0.320. The first-order valence-corrected chi connectivity index (χ1v) is 11.8. The van der Waals surface area contributed by atoms with Gasteiger partial charge in [0, 0.05) is 73.9 Å². The molecule has 0 radical (unpaired) electrons. The summed E-state index contributed by atoms with van der Waals surface area (Å²) in [5, 5.41) is 21.6. The predicted octanol–water partition coefficient (Wildman–Crippen LogP) is 3.07. The number of rotatable bonds is 6. The Balaban J connectivity index is 1.18. The largest absolute Gasteiger partial charge is 0.408 e. The fourth-order valence-corrected chi connectivity index (χ4v) is 4.40. The number of pyridine rings is 1. The lowest BCUT2D eigenvalue weighted by atomic mass is 9.97. The summed E-state index contributed by atoms with van der Waals surface area (Å²) in [5.74, 6) is 2.07. The van der Waals surface area contributed by atoms with Crippen molar-refractivity contribution in [1.29, 1.82) is 5.41 Å². The molecule has 2 aliphatic rings. The third-order valence-electron chi connectivity index (χ3n) is 6.63. The van der Waals surface area contributed by atoms with Crippen molar-refractivity contribution in [2.75, 3.05) is 41.7 Å². The van der Waals surface area contributed by atoms with E-state index in [2.05, 4.69) is 30.1 Å². The van der Waals surface area contributed by atoms with Crippen molar-refractivity contribution in [3.8, 4) is 11.1 Å². The Hall–Kier alpha value is -4.21. The number of nitrogen functional groups attached to an aromatic ring is 1. The van der Waals surface area contributed by atoms with Crippen LogP contribution in [0.15, 0.2) is 53.3 Å². The Kier molecular flexibility index (Phi) is 5.20. The van der Waals surface area contributed by atoms with Crippen molar-refractivity contribution >= 4 is 23.2 Å². The molecule has 1 aliphatic carbocycles. The molecular formula is C25H27N9O. The van der Waals surface area contributed by atoms with Crippen LogP contribution in [0.3, 0.4) is 0 Å². The molecular weight excluding hydrogens is 442 g/mol. The molecule has 1 aromatic carbocycles. The van der Waals surface area contributed by atoms with E-state index < -0.39 is 0 Å². The second kappa shape index (κ2) is 8.53. The van der Waals surface area contributed by atoms with Crippen molar-refractivity contribution in [3.63, 3.8) is 0 Å². The minimum absolute atomic E-state index is 0.369. The third kappa shape index (κ3) is 4.23. The summed E-state index contributed by atoms with van der Waals surface area (Å²) >= 11 is 0. The maximum absolute atomic E-state index is 8.89. The molecule has 0 unspecified atom stereocenters. The first-order chi connectivity index (χ1) is 17.0. The minimum Gasteiger partial charge on any atom is -0.408 e. The summed E-state index contributed by atoms with van der Waals surface area (Å²) in [6, 6.07) is 10.2. The normalized spacial score (nSPS) is 16.0. The van der Waals surface area contributed by atoms with Crippen molar-refractivity contribution in [2.45, 2.75) is 18.8 Å². The molecule has 6 rings (SSSR count). The van der Waals surface area contributed by atoms with Gasteiger partial charge in [-0.05, 0) is 42.7 Å². The van der Waals surface area contributed by atoms with Gasteiger partial charge in [-0.15, -0.1) is 5.10 Å². The van der Waals surface area contributed by atoms with E-state index in [1.165, 1.54) is 0 Å². The zero-order chi connectivity index (χ0) is 23.9. The molecule has 0 atom stereocenters. The highest BCUT2D eigenvalue weighted by atomic mass is 16.4. The number of anilines is 3. The lowest BCUT2D eigenvalue weighted by Gasteiger charge is -2.34. The second-order valence-electron chi connectivity index (χ2n) is 9.15. The van der Waals surface area contributed by atoms with Crippen molar-refractivity contribution in [2.24, 2.45) is 7.05 Å². The number of hydrogen-bond acceptors (Lipinski definition) is 9. The first-order valence-electron chi connectivity index (χ1n) is 11.8. The summed E-state index contributed by atoms with van der Waals surface area (Å²) in [6.45, 7) is 3.11. The van der Waals surface area contributed by atoms with E-state index in [0.717, 1.165) is 67.4 Å². The summed E-state index contributed by atoms with van der Waals surface area (Å²) in [4.78, 5) is 8.93. The lowest BCUT2D eigenvalue weighted by Crippen LogP contribution is -2.47. The molecule has 10 nitrogen and oxygen atoms in total. The Morgan fingerprint density at radius 1 is 1.03 bits per heavy atom. The number of hydrogen-bond donors (Lipinski definition) is 2. The highest BCUT2D eigenvalue weighted by Gasteiger charge is 2.31. The number of aromatic nitrogens is 5. The average Bonchev–Trinajstić information content (AvgIpc) is 3.46. The number of nitrogens with one attached hydrogen (secondary N) is 1. The van der Waals surface area contributed by atoms with E-state index in [9.17, 15) is 0 Å². The van der Waals surface area contributed by atoms with E-state index in [4.69, 9.17) is 15.6 Å². The number of nitrogens with two attached hydrogens (primary N) is 1. The highest BCUT2D eigenvalue weighted by molar-refractivity contribution is 6.14. The van der Waals surface area contributed by atoms with Crippen LogP contribution in [0.25, 0.3) is 11.1 Å². The van der Waals surface area contributed by atoms with Gasteiger partial charge in [0.15, 0.2) is 0 Å². The maximum Gasteiger partial charge on any atom is 0.318 e. The molecule has 3 aromatic heterocycles. The Labute approximate surface area is 202 Å². The average molecular weight is 470 g/mol. The van der Waals surface area contributed by atoms with Crippen LogP contribution < -0.4 is 15.5 Å². The van der Waals surface area contributed by atoms with Gasteiger partial charge >= 0.3 is 6.01 Å². The van der Waals surface area contributed by atoms with Gasteiger partial charge in [-0.2, -0.15) is 5.10 Å². The monoisotopic (exact) mass is 469 g/mol. The van der Waals surface area contributed by atoms with Crippen LogP contribution >= 0.6 is 0 Å². The standard InChI is InChI=1S/C25H27N9O/c1-32-15-19(14-29-32)17-4-5-21(26)20(12-17)23(27)18-6-7-28-22(13-18)33-8-10-34(11-9-33)25-31-30-24(35-25)16-2-3-16/h4-7,12-16,27H,2-3,8-11,26H2,1H3. The summed E-state index contributed by atoms with van der Waals surface area (Å²) in [6.07, 6.45) is 7.80. The van der Waals surface area contributed by atoms with Crippen molar-refractivity contribution < 1.29 is 4.42 Å². The van der Waals surface area contributed by atoms with Crippen molar-refractivity contribution in [3.05, 3.63) is 65.9 Å². The van der Waals surface area contributed by atoms with Crippen LogP contribution in [0.5, 0.6) is 0 Å². The molecule has 2 fully saturated rings. The minimum atomic E-state index is 0.369. The number of aryl methyl sites for hydroxylation is 1. The number of piperazine rings is 1. The van der Waals surface area contributed by atoms with Crippen LogP contribution in [0.4, 0.5) is 17.5 Å². The molecule has 3 N–H and O–H groups in total. The van der Waals surface area contributed by atoms with Crippen LogP contribution in [0, 0.1) is 5.41 Å². The Bertz CT molecular complexity index is 1380. The summed E-state index contributed by atoms with van der Waals surface area (Å²) in [5.41, 5.74) is 10.6. The molecule has 35 heavy (non-hydrogen) atoms. The van der Waals surface area contributed by atoms with Crippen LogP contribution in [0.2, 0.25) is 0 Å². The molecule has 1 aliphatic heterocycles. The molecule has 0 spiro atoms. The second-order valence-corrected chi connectivity index (χ2v) is 9.15. The molecule has 0 bridgehead atoms. The predicted molar refractivity (Wildman–Crippen MR) is 134 cm³/mol. The quantitative estimate of drug-likeness (QED) is 0.326. The smallest absolute Gasteiger partial charge is 0.318 e. The summed E-state index contributed by atoms with van der Waals surface area (Å²) in [7, 11) is 1.88. The highest BCUT2D eigenvalue weighted by Crippen LogP contribution is 2.40. The van der Waals surface area contributed by atoms with Crippen LogP contribution in [-0.2, 0) is 7.05 Å². The van der Waals surface area contributed by atoms with Gasteiger partial charge in [0.2, 0.25) is 5.89 Å². The molecule has 1 saturated carbocycles. The van der Waals surface area contributed by atoms with Gasteiger partial charge in [0.25, 0.3) is 0 Å². The van der Waals surface area contributed by atoms with E-state index in [-0.39, 0.29) is 0 Å². The molecule has 178 valence electrons. The van der Waals surface area contributed by atoms with Gasteiger partial charge in [-0.3, -0.25) is 10.1 Å². The first kappa shape index (κ1) is 21.3. The van der Waals surface area contributed by atoms with Crippen LogP contribution in [-0.4, -0.2) is 56.9 Å². The van der Waals surface area contributed by atoms with Crippen LogP contribution in [0.1, 0.15) is 35.8 Å². The van der Waals surface area contributed by atoms with Gasteiger partial charge in [-0.25, -0.2) is 4.98 Å². The van der Waals surface area contributed by atoms with E-state index in [0.29, 0.717) is 28.9 Å². The summed E-state index contributed by atoms with van der Waals surface area (Å²) < 4.78 is 7.63. The zero-order valence-corrected chi connectivity index (χ0v) is 19.6. The van der Waals surface area contributed by atoms with Gasteiger partial charge in [0.05, 0.1) is 11.9 Å². The van der Waals surface area contributed by atoms with E-state index in [1.807, 2.05) is 49.8 Å². The van der Waals surface area contributed by atoms with Gasteiger partial charge < -0.3 is 20.0 Å². The van der Waals surface area contributed by atoms with E-state index >= 15 is 0 Å². The third-order valence-corrected chi connectivity index (χ3v) is 6.63. The Morgan fingerprint density at radius 2 is 1.83 bits per heavy atom. The maximum atomic E-state index is 8.89. The molecule has 4 heterocycles. The fourth-order valence-electron chi connectivity index (χ4n) is 4.40. The molecule has 0 amide bonds. The number of benzene rings is 1. The molecule has 10 heteroatoms. The topological polar surface area (TPSA) is 126 Å². The number of nitrogens with zero attached hydrogens (tertiary/aromatic N) is 7. The Morgan fingerprint density at radius 3 is 2.57 bits per heavy atom. The SMILES string of the molecule is Cn1cc(-c2ccc(N)c(C(=N)c3ccnc(N4CCN(c5nnc(C6CC6)o5)CC4)c3)c2)cn1. The lowest BCUT2D eigenvalue weighted by molar-refractivity contribution is 0.475. The van der Waals surface area contributed by atoms with Crippen molar-refractivity contribution in [1.82, 2.24) is 25.0 Å². The van der Waals surface area contributed by atoms with Gasteiger partial charge in [0.1, 0.15) is 5.82 Å².